The van der Waals surface area contributed by atoms with Crippen molar-refractivity contribution >= 4 is 23.4 Å². The predicted octanol–water partition coefficient (Wildman–Crippen LogP) is 2.64. The highest BCUT2D eigenvalue weighted by Gasteiger charge is 2.39. The molecule has 2 rings (SSSR count). The van der Waals surface area contributed by atoms with Gasteiger partial charge in [-0.15, -0.1) is 11.8 Å². The van der Waals surface area contributed by atoms with Gasteiger partial charge >= 0.3 is 0 Å². The molecule has 0 spiro atoms. The number of hydrogen-bond acceptors (Lipinski definition) is 3. The van der Waals surface area contributed by atoms with Gasteiger partial charge in [-0.3, -0.25) is 4.79 Å². The van der Waals surface area contributed by atoms with Crippen LogP contribution in [0.25, 0.3) is 0 Å². The number of amides is 1. The molecule has 0 bridgehead atoms. The van der Waals surface area contributed by atoms with Crippen LogP contribution in [0.5, 0.6) is 5.75 Å². The van der Waals surface area contributed by atoms with E-state index < -0.39 is 0 Å². The fourth-order valence-electron chi connectivity index (χ4n) is 2.12. The molecule has 1 aromatic carbocycles. The van der Waals surface area contributed by atoms with Crippen molar-refractivity contribution in [3.63, 3.8) is 0 Å². The largest absolute Gasteiger partial charge is 0.508 e. The smallest absolute Gasteiger partial charge is 0.242 e. The lowest BCUT2D eigenvalue weighted by Crippen LogP contribution is -2.41. The molecule has 1 aromatic rings. The van der Waals surface area contributed by atoms with Crippen molar-refractivity contribution in [2.24, 2.45) is 0 Å². The van der Waals surface area contributed by atoms with E-state index in [9.17, 15) is 9.90 Å². The molecular formula is C13H17NO2S. The van der Waals surface area contributed by atoms with Crippen molar-refractivity contribution in [1.82, 2.24) is 0 Å². The molecule has 1 saturated heterocycles. The average molecular weight is 251 g/mol. The number of carbonyl (C=O) groups excluding carboxylic acids is 1. The predicted molar refractivity (Wildman–Crippen MR) is 71.6 cm³/mol. The summed E-state index contributed by atoms with van der Waals surface area (Å²) in [6, 6.07) is 6.80. The van der Waals surface area contributed by atoms with E-state index in [1.165, 1.54) is 0 Å². The van der Waals surface area contributed by atoms with Crippen LogP contribution in [0.1, 0.15) is 19.8 Å². The Kier molecular flexibility index (Phi) is 3.33. The number of anilines is 1. The summed E-state index contributed by atoms with van der Waals surface area (Å²) in [4.78, 5) is 14.0. The molecule has 1 atom stereocenters. The summed E-state index contributed by atoms with van der Waals surface area (Å²) in [7, 11) is 1.77. The lowest BCUT2D eigenvalue weighted by Gasteiger charge is -2.28. The van der Waals surface area contributed by atoms with E-state index in [1.807, 2.05) is 13.0 Å². The molecule has 1 N–H and O–H groups in total. The third-order valence-corrected chi connectivity index (χ3v) is 4.70. The summed E-state index contributed by atoms with van der Waals surface area (Å²) < 4.78 is -0.305. The summed E-state index contributed by atoms with van der Waals surface area (Å²) in [5, 5.41) is 9.43. The number of phenolic OH excluding ortho intramolecular Hbond substituents is 1. The number of benzene rings is 1. The summed E-state index contributed by atoms with van der Waals surface area (Å²) in [5.74, 6) is 1.35. The van der Waals surface area contributed by atoms with E-state index >= 15 is 0 Å². The minimum absolute atomic E-state index is 0.116. The topological polar surface area (TPSA) is 40.5 Å². The first-order chi connectivity index (χ1) is 8.03. The Morgan fingerprint density at radius 3 is 2.88 bits per heavy atom. The van der Waals surface area contributed by atoms with Gasteiger partial charge in [-0.05, 0) is 37.7 Å². The van der Waals surface area contributed by atoms with E-state index in [2.05, 4.69) is 0 Å². The maximum absolute atomic E-state index is 12.4. The van der Waals surface area contributed by atoms with E-state index in [4.69, 9.17) is 0 Å². The molecular weight excluding hydrogens is 234 g/mol. The zero-order chi connectivity index (χ0) is 12.5. The summed E-state index contributed by atoms with van der Waals surface area (Å²) in [5.41, 5.74) is 0.740. The second-order valence-corrected chi connectivity index (χ2v) is 6.16. The summed E-state index contributed by atoms with van der Waals surface area (Å²) in [6.45, 7) is 2.01. The standard InChI is InChI=1S/C13H17NO2S/c1-13(7-4-8-17-13)12(16)14(2)10-5-3-6-11(15)9-10/h3,5-6,9,15H,4,7-8H2,1-2H3. The summed E-state index contributed by atoms with van der Waals surface area (Å²) >= 11 is 1.73. The maximum Gasteiger partial charge on any atom is 0.242 e. The van der Waals surface area contributed by atoms with E-state index in [0.29, 0.717) is 0 Å². The van der Waals surface area contributed by atoms with E-state index in [1.54, 1.807) is 41.9 Å². The minimum Gasteiger partial charge on any atom is -0.508 e. The molecule has 1 unspecified atom stereocenters. The van der Waals surface area contributed by atoms with E-state index in [-0.39, 0.29) is 16.4 Å². The Morgan fingerprint density at radius 1 is 1.53 bits per heavy atom. The van der Waals surface area contributed by atoms with Gasteiger partial charge in [0.2, 0.25) is 5.91 Å². The molecule has 1 fully saturated rings. The second-order valence-electron chi connectivity index (χ2n) is 4.57. The Hall–Kier alpha value is -1.16. The van der Waals surface area contributed by atoms with Gasteiger partial charge in [0.1, 0.15) is 5.75 Å². The molecule has 1 heterocycles. The van der Waals surface area contributed by atoms with Crippen LogP contribution in [-0.2, 0) is 4.79 Å². The fraction of sp³-hybridized carbons (Fsp3) is 0.462. The third-order valence-electron chi connectivity index (χ3n) is 3.19. The van der Waals surface area contributed by atoms with Gasteiger partial charge in [-0.2, -0.15) is 0 Å². The molecule has 4 heteroatoms. The molecule has 1 aliphatic rings. The number of hydrogen-bond donors (Lipinski definition) is 1. The molecule has 1 amide bonds. The van der Waals surface area contributed by atoms with Crippen LogP contribution in [0.3, 0.4) is 0 Å². The van der Waals surface area contributed by atoms with Crippen LogP contribution in [-0.4, -0.2) is 28.6 Å². The van der Waals surface area contributed by atoms with Crippen LogP contribution < -0.4 is 4.90 Å². The molecule has 0 radical (unpaired) electrons. The van der Waals surface area contributed by atoms with Gasteiger partial charge in [0.25, 0.3) is 0 Å². The second kappa shape index (κ2) is 4.61. The van der Waals surface area contributed by atoms with Gasteiger partial charge in [0.15, 0.2) is 0 Å². The lowest BCUT2D eigenvalue weighted by molar-refractivity contribution is -0.120. The van der Waals surface area contributed by atoms with Gasteiger partial charge in [0.05, 0.1) is 4.75 Å². The lowest BCUT2D eigenvalue weighted by atomic mass is 10.0. The van der Waals surface area contributed by atoms with Gasteiger partial charge in [-0.25, -0.2) is 0 Å². The van der Waals surface area contributed by atoms with Crippen molar-refractivity contribution in [3.05, 3.63) is 24.3 Å². The normalized spacial score (nSPS) is 23.6. The number of rotatable bonds is 2. The first kappa shape index (κ1) is 12.3. The molecule has 0 aliphatic carbocycles. The Balaban J connectivity index is 2.20. The zero-order valence-corrected chi connectivity index (χ0v) is 11.0. The van der Waals surface area contributed by atoms with Crippen molar-refractivity contribution < 1.29 is 9.90 Å². The van der Waals surface area contributed by atoms with Crippen molar-refractivity contribution in [3.8, 4) is 5.75 Å². The summed E-state index contributed by atoms with van der Waals surface area (Å²) in [6.07, 6.45) is 2.03. The van der Waals surface area contributed by atoms with Crippen LogP contribution in [0.15, 0.2) is 24.3 Å². The number of thioether (sulfide) groups is 1. The van der Waals surface area contributed by atoms with Crippen LogP contribution >= 0.6 is 11.8 Å². The first-order valence-corrected chi connectivity index (χ1v) is 6.73. The van der Waals surface area contributed by atoms with Crippen LogP contribution in [0.4, 0.5) is 5.69 Å². The average Bonchev–Trinajstić information content (AvgIpc) is 2.75. The first-order valence-electron chi connectivity index (χ1n) is 5.74. The number of carbonyl (C=O) groups is 1. The number of nitrogens with zero attached hydrogens (tertiary/aromatic N) is 1. The number of phenols is 1. The molecule has 3 nitrogen and oxygen atoms in total. The zero-order valence-electron chi connectivity index (χ0n) is 10.1. The SMILES string of the molecule is CN(C(=O)C1(C)CCCS1)c1cccc(O)c1. The molecule has 1 aliphatic heterocycles. The number of aromatic hydroxyl groups is 1. The fourth-order valence-corrected chi connectivity index (χ4v) is 3.41. The highest BCUT2D eigenvalue weighted by molar-refractivity contribution is 8.01. The van der Waals surface area contributed by atoms with E-state index in [0.717, 1.165) is 24.3 Å². The molecule has 17 heavy (non-hydrogen) atoms. The monoisotopic (exact) mass is 251 g/mol. The third kappa shape index (κ3) is 2.41. The van der Waals surface area contributed by atoms with Gasteiger partial charge in [0, 0.05) is 18.8 Å². The highest BCUT2D eigenvalue weighted by Crippen LogP contribution is 2.39. The maximum atomic E-state index is 12.4. The molecule has 0 saturated carbocycles. The van der Waals surface area contributed by atoms with Gasteiger partial charge in [-0.1, -0.05) is 6.07 Å². The van der Waals surface area contributed by atoms with Crippen molar-refractivity contribution in [2.45, 2.75) is 24.5 Å². The Bertz CT molecular complexity index is 427. The highest BCUT2D eigenvalue weighted by atomic mass is 32.2. The van der Waals surface area contributed by atoms with Crippen LogP contribution in [0, 0.1) is 0 Å². The quantitative estimate of drug-likeness (QED) is 0.878. The molecule has 92 valence electrons. The minimum atomic E-state index is -0.305. The van der Waals surface area contributed by atoms with Crippen LogP contribution in [0.2, 0.25) is 0 Å². The Labute approximate surface area is 106 Å². The van der Waals surface area contributed by atoms with Gasteiger partial charge < -0.3 is 10.0 Å². The Morgan fingerprint density at radius 2 is 2.29 bits per heavy atom. The van der Waals surface area contributed by atoms with Crippen molar-refractivity contribution in [1.29, 1.82) is 0 Å². The van der Waals surface area contributed by atoms with Crippen molar-refractivity contribution in [2.75, 3.05) is 17.7 Å². The molecule has 0 aromatic heterocycles.